The van der Waals surface area contributed by atoms with Crippen molar-refractivity contribution in [3.05, 3.63) is 46.7 Å². The van der Waals surface area contributed by atoms with E-state index in [9.17, 15) is 13.2 Å². The smallest absolute Gasteiger partial charge is 0.238 e. The van der Waals surface area contributed by atoms with Crippen LogP contribution in [0, 0.1) is 0 Å². The highest BCUT2D eigenvalue weighted by atomic mass is 79.9. The van der Waals surface area contributed by atoms with Crippen molar-refractivity contribution in [3.63, 3.8) is 0 Å². The van der Waals surface area contributed by atoms with Gasteiger partial charge in [-0.05, 0) is 40.0 Å². The van der Waals surface area contributed by atoms with Gasteiger partial charge in [-0.15, -0.1) is 0 Å². The van der Waals surface area contributed by atoms with Crippen LogP contribution in [0.3, 0.4) is 0 Å². The molecule has 2 N–H and O–H groups in total. The van der Waals surface area contributed by atoms with Crippen LogP contribution in [-0.4, -0.2) is 55.4 Å². The molecule has 0 bridgehead atoms. The number of benzene rings is 1. The molecule has 2 heterocycles. The first-order chi connectivity index (χ1) is 12.8. The molecule has 1 saturated heterocycles. The topological polar surface area (TPSA) is 109 Å². The fourth-order valence-corrected chi connectivity index (χ4v) is 3.60. The predicted octanol–water partition coefficient (Wildman–Crippen LogP) is 1.17. The van der Waals surface area contributed by atoms with Crippen LogP contribution in [0.2, 0.25) is 0 Å². The minimum absolute atomic E-state index is 0.0730. The molecule has 10 heteroatoms. The number of anilines is 1. The van der Waals surface area contributed by atoms with E-state index >= 15 is 0 Å². The molecule has 0 radical (unpaired) electrons. The van der Waals surface area contributed by atoms with Gasteiger partial charge >= 0.3 is 0 Å². The molecule has 0 aliphatic carbocycles. The molecule has 1 aromatic heterocycles. The highest BCUT2D eigenvalue weighted by Gasteiger charge is 2.22. The van der Waals surface area contributed by atoms with Crippen LogP contribution in [-0.2, 0) is 21.2 Å². The fourth-order valence-electron chi connectivity index (χ4n) is 2.88. The van der Waals surface area contributed by atoms with Crippen LogP contribution in [0.1, 0.15) is 12.0 Å². The van der Waals surface area contributed by atoms with E-state index in [4.69, 9.17) is 5.14 Å². The van der Waals surface area contributed by atoms with Crippen molar-refractivity contribution in [1.29, 1.82) is 0 Å². The zero-order chi connectivity index (χ0) is 19.4. The van der Waals surface area contributed by atoms with Gasteiger partial charge in [-0.2, -0.15) is 0 Å². The predicted molar refractivity (Wildman–Crippen MR) is 105 cm³/mol. The third kappa shape index (κ3) is 5.24. The third-order valence-electron chi connectivity index (χ3n) is 4.40. The molecule has 0 atom stereocenters. The van der Waals surface area contributed by atoms with E-state index in [1.807, 2.05) is 4.90 Å². The molecule has 1 aromatic carbocycles. The summed E-state index contributed by atoms with van der Waals surface area (Å²) in [5.74, 6) is 0.752. The Morgan fingerprint density at radius 3 is 2.22 bits per heavy atom. The highest BCUT2D eigenvalue weighted by molar-refractivity contribution is 9.10. The minimum atomic E-state index is -3.69. The van der Waals surface area contributed by atoms with Crippen LogP contribution in [0.15, 0.2) is 46.0 Å². The standard InChI is InChI=1S/C17H20BrN5O3S/c18-14-11-20-17(21-12-14)23-9-7-22(8-10-23)16(24)6-3-13-1-4-15(5-2-13)27(19,25)26/h1-2,4-5,11-12H,3,6-10H2,(H2,19,25,26). The maximum atomic E-state index is 12.4. The van der Waals surface area contributed by atoms with Crippen molar-refractivity contribution in [2.24, 2.45) is 5.14 Å². The number of hydrogen-bond donors (Lipinski definition) is 1. The van der Waals surface area contributed by atoms with E-state index in [1.54, 1.807) is 24.5 Å². The maximum absolute atomic E-state index is 12.4. The molecule has 8 nitrogen and oxygen atoms in total. The SMILES string of the molecule is NS(=O)(=O)c1ccc(CCC(=O)N2CCN(c3ncc(Br)cn3)CC2)cc1. The average Bonchev–Trinajstić information content (AvgIpc) is 2.66. The Morgan fingerprint density at radius 2 is 1.67 bits per heavy atom. The van der Waals surface area contributed by atoms with Gasteiger partial charge in [0, 0.05) is 45.0 Å². The Hall–Kier alpha value is -2.04. The van der Waals surface area contributed by atoms with Gasteiger partial charge in [-0.25, -0.2) is 23.5 Å². The molecule has 3 rings (SSSR count). The maximum Gasteiger partial charge on any atom is 0.238 e. The minimum Gasteiger partial charge on any atom is -0.339 e. The summed E-state index contributed by atoms with van der Waals surface area (Å²) in [5.41, 5.74) is 0.901. The number of aryl methyl sites for hydroxylation is 1. The second kappa shape index (κ2) is 8.32. The zero-order valence-corrected chi connectivity index (χ0v) is 17.0. The van der Waals surface area contributed by atoms with E-state index in [2.05, 4.69) is 30.8 Å². The fraction of sp³-hybridized carbons (Fsp3) is 0.353. The second-order valence-corrected chi connectivity index (χ2v) is 8.74. The monoisotopic (exact) mass is 453 g/mol. The number of nitrogens with zero attached hydrogens (tertiary/aromatic N) is 4. The molecular weight excluding hydrogens is 434 g/mol. The zero-order valence-electron chi connectivity index (χ0n) is 14.6. The van der Waals surface area contributed by atoms with Crippen LogP contribution in [0.5, 0.6) is 0 Å². The van der Waals surface area contributed by atoms with E-state index in [0.717, 1.165) is 10.0 Å². The lowest BCUT2D eigenvalue weighted by Crippen LogP contribution is -2.49. The lowest BCUT2D eigenvalue weighted by molar-refractivity contribution is -0.131. The summed E-state index contributed by atoms with van der Waals surface area (Å²) in [6.07, 6.45) is 4.35. The number of primary sulfonamides is 1. The number of hydrogen-bond acceptors (Lipinski definition) is 6. The van der Waals surface area contributed by atoms with E-state index in [1.165, 1.54) is 12.1 Å². The molecule has 0 saturated carbocycles. The molecule has 0 spiro atoms. The van der Waals surface area contributed by atoms with Gasteiger partial charge in [0.05, 0.1) is 9.37 Å². The molecule has 0 unspecified atom stereocenters. The lowest BCUT2D eigenvalue weighted by Gasteiger charge is -2.34. The van der Waals surface area contributed by atoms with Gasteiger partial charge in [0.15, 0.2) is 0 Å². The summed E-state index contributed by atoms with van der Waals surface area (Å²) in [4.78, 5) is 25.0. The van der Waals surface area contributed by atoms with Gasteiger partial charge < -0.3 is 9.80 Å². The van der Waals surface area contributed by atoms with Crippen LogP contribution < -0.4 is 10.0 Å². The molecule has 144 valence electrons. The summed E-state index contributed by atoms with van der Waals surface area (Å²) in [7, 11) is -3.69. The molecule has 1 aliphatic rings. The van der Waals surface area contributed by atoms with Gasteiger partial charge in [0.1, 0.15) is 0 Å². The Labute approximate surface area is 166 Å². The van der Waals surface area contributed by atoms with Crippen molar-refractivity contribution >= 4 is 37.8 Å². The average molecular weight is 454 g/mol. The summed E-state index contributed by atoms with van der Waals surface area (Å²) in [6, 6.07) is 6.31. The number of sulfonamides is 1. The lowest BCUT2D eigenvalue weighted by atomic mass is 10.1. The molecule has 1 amide bonds. The van der Waals surface area contributed by atoms with Crippen LogP contribution in [0.4, 0.5) is 5.95 Å². The Morgan fingerprint density at radius 1 is 1.07 bits per heavy atom. The summed E-state index contributed by atoms with van der Waals surface area (Å²) < 4.78 is 23.4. The molecule has 1 aliphatic heterocycles. The Bertz CT molecular complexity index is 895. The number of nitrogens with two attached hydrogens (primary N) is 1. The van der Waals surface area contributed by atoms with Crippen LogP contribution >= 0.6 is 15.9 Å². The Kier molecular flexibility index (Phi) is 6.08. The molecular formula is C17H20BrN5O3S. The number of amides is 1. The first kappa shape index (κ1) is 19.7. The van der Waals surface area contributed by atoms with Gasteiger partial charge in [-0.1, -0.05) is 12.1 Å². The van der Waals surface area contributed by atoms with E-state index < -0.39 is 10.0 Å². The van der Waals surface area contributed by atoms with Crippen molar-refractivity contribution < 1.29 is 13.2 Å². The van der Waals surface area contributed by atoms with Gasteiger partial charge in [0.2, 0.25) is 21.9 Å². The van der Waals surface area contributed by atoms with Gasteiger partial charge in [0.25, 0.3) is 0 Å². The number of halogens is 1. The largest absolute Gasteiger partial charge is 0.339 e. The van der Waals surface area contributed by atoms with E-state index in [0.29, 0.717) is 45.0 Å². The first-order valence-electron chi connectivity index (χ1n) is 8.45. The summed E-state index contributed by atoms with van der Waals surface area (Å²) in [6.45, 7) is 2.64. The molecule has 1 fully saturated rings. The number of rotatable bonds is 5. The third-order valence-corrected chi connectivity index (χ3v) is 5.74. The van der Waals surface area contributed by atoms with Crippen molar-refractivity contribution in [2.45, 2.75) is 17.7 Å². The van der Waals surface area contributed by atoms with Gasteiger partial charge in [-0.3, -0.25) is 4.79 Å². The number of aromatic nitrogens is 2. The summed E-state index contributed by atoms with van der Waals surface area (Å²) in [5, 5.41) is 5.08. The number of carbonyl (C=O) groups excluding carboxylic acids is 1. The number of piperazine rings is 1. The first-order valence-corrected chi connectivity index (χ1v) is 10.8. The molecule has 27 heavy (non-hydrogen) atoms. The van der Waals surface area contributed by atoms with Crippen LogP contribution in [0.25, 0.3) is 0 Å². The van der Waals surface area contributed by atoms with E-state index in [-0.39, 0.29) is 10.8 Å². The number of carbonyl (C=O) groups is 1. The Balaban J connectivity index is 1.49. The van der Waals surface area contributed by atoms with Crippen molar-refractivity contribution in [1.82, 2.24) is 14.9 Å². The quantitative estimate of drug-likeness (QED) is 0.727. The second-order valence-electron chi connectivity index (χ2n) is 6.26. The normalized spacial score (nSPS) is 15.0. The highest BCUT2D eigenvalue weighted by Crippen LogP contribution is 2.15. The molecule has 2 aromatic rings. The van der Waals surface area contributed by atoms with Crippen molar-refractivity contribution in [3.8, 4) is 0 Å². The summed E-state index contributed by atoms with van der Waals surface area (Å²) >= 11 is 3.32. The van der Waals surface area contributed by atoms with Crippen molar-refractivity contribution in [2.75, 3.05) is 31.1 Å².